The average Bonchev–Trinajstić information content (AvgIpc) is 2.81. The smallest absolute Gasteiger partial charge is 0.335 e. The molecular formula is C26H25NO4. The van der Waals surface area contributed by atoms with Crippen molar-refractivity contribution < 1.29 is 19.4 Å². The van der Waals surface area contributed by atoms with Gasteiger partial charge >= 0.3 is 5.97 Å². The van der Waals surface area contributed by atoms with E-state index in [1.807, 2.05) is 48.5 Å². The van der Waals surface area contributed by atoms with Gasteiger partial charge < -0.3 is 19.9 Å². The molecular weight excluding hydrogens is 390 g/mol. The number of carboxylic acids is 1. The molecule has 5 heteroatoms. The number of carboxylic acid groups (broad SMARTS) is 1. The van der Waals surface area contributed by atoms with Gasteiger partial charge in [0, 0.05) is 6.54 Å². The van der Waals surface area contributed by atoms with Crippen LogP contribution in [0.3, 0.4) is 0 Å². The summed E-state index contributed by atoms with van der Waals surface area (Å²) in [5, 5.41) is 12.7. The first-order chi connectivity index (χ1) is 15.1. The Hall–Kier alpha value is -3.57. The SMILES string of the molecule is COc1cc2c(cc1OCc1ccccc1)CCNC2/C=C/c1cccc(C(=O)O)c1. The van der Waals surface area contributed by atoms with E-state index in [9.17, 15) is 9.90 Å². The van der Waals surface area contributed by atoms with Crippen molar-refractivity contribution in [3.05, 3.63) is 101 Å². The molecule has 1 heterocycles. The highest BCUT2D eigenvalue weighted by molar-refractivity contribution is 5.88. The van der Waals surface area contributed by atoms with E-state index in [1.165, 1.54) is 5.56 Å². The van der Waals surface area contributed by atoms with Crippen LogP contribution >= 0.6 is 0 Å². The minimum absolute atomic E-state index is 0.00862. The minimum atomic E-state index is -0.927. The molecule has 0 saturated heterocycles. The van der Waals surface area contributed by atoms with Gasteiger partial charge in [0.2, 0.25) is 0 Å². The lowest BCUT2D eigenvalue weighted by Crippen LogP contribution is -2.28. The summed E-state index contributed by atoms with van der Waals surface area (Å²) < 4.78 is 11.7. The summed E-state index contributed by atoms with van der Waals surface area (Å²) in [4.78, 5) is 11.2. The molecule has 0 aliphatic carbocycles. The highest BCUT2D eigenvalue weighted by atomic mass is 16.5. The van der Waals surface area contributed by atoms with Crippen LogP contribution in [0.4, 0.5) is 0 Å². The van der Waals surface area contributed by atoms with Crippen LogP contribution in [0.25, 0.3) is 6.08 Å². The maximum Gasteiger partial charge on any atom is 0.335 e. The lowest BCUT2D eigenvalue weighted by molar-refractivity contribution is 0.0697. The molecule has 0 spiro atoms. The maximum atomic E-state index is 11.2. The lowest BCUT2D eigenvalue weighted by Gasteiger charge is -2.26. The molecule has 1 unspecified atom stereocenters. The van der Waals surface area contributed by atoms with Crippen LogP contribution in [0, 0.1) is 0 Å². The Morgan fingerprint density at radius 3 is 2.71 bits per heavy atom. The Morgan fingerprint density at radius 2 is 1.94 bits per heavy atom. The molecule has 1 aliphatic heterocycles. The fourth-order valence-electron chi connectivity index (χ4n) is 3.76. The second-order valence-corrected chi connectivity index (χ2v) is 7.45. The summed E-state index contributed by atoms with van der Waals surface area (Å²) in [7, 11) is 1.65. The van der Waals surface area contributed by atoms with Gasteiger partial charge in [-0.05, 0) is 52.9 Å². The topological polar surface area (TPSA) is 67.8 Å². The van der Waals surface area contributed by atoms with Crippen molar-refractivity contribution in [1.82, 2.24) is 5.32 Å². The number of rotatable bonds is 7. The predicted octanol–water partition coefficient (Wildman–Crippen LogP) is 4.87. The first-order valence-electron chi connectivity index (χ1n) is 10.3. The van der Waals surface area contributed by atoms with E-state index in [0.29, 0.717) is 12.4 Å². The Balaban J connectivity index is 1.56. The van der Waals surface area contributed by atoms with Crippen LogP contribution in [-0.4, -0.2) is 24.7 Å². The molecule has 31 heavy (non-hydrogen) atoms. The second kappa shape index (κ2) is 9.49. The maximum absolute atomic E-state index is 11.2. The van der Waals surface area contributed by atoms with Crippen molar-refractivity contribution >= 4 is 12.0 Å². The van der Waals surface area contributed by atoms with Gasteiger partial charge in [-0.2, -0.15) is 0 Å². The Labute approximate surface area is 182 Å². The third-order valence-corrected chi connectivity index (χ3v) is 5.37. The summed E-state index contributed by atoms with van der Waals surface area (Å²) in [6.07, 6.45) is 4.91. The van der Waals surface area contributed by atoms with E-state index in [-0.39, 0.29) is 11.6 Å². The molecule has 1 atom stereocenters. The van der Waals surface area contributed by atoms with Crippen LogP contribution in [0.15, 0.2) is 72.8 Å². The molecule has 5 nitrogen and oxygen atoms in total. The quantitative estimate of drug-likeness (QED) is 0.576. The van der Waals surface area contributed by atoms with Crippen molar-refractivity contribution in [3.63, 3.8) is 0 Å². The summed E-state index contributed by atoms with van der Waals surface area (Å²) in [6.45, 7) is 1.33. The Bertz CT molecular complexity index is 1090. The summed E-state index contributed by atoms with van der Waals surface area (Å²) in [5.74, 6) is 0.512. The largest absolute Gasteiger partial charge is 0.493 e. The van der Waals surface area contributed by atoms with Crippen molar-refractivity contribution in [2.75, 3.05) is 13.7 Å². The first-order valence-corrected chi connectivity index (χ1v) is 10.3. The van der Waals surface area contributed by atoms with Crippen LogP contribution in [-0.2, 0) is 13.0 Å². The predicted molar refractivity (Wildman–Crippen MR) is 121 cm³/mol. The van der Waals surface area contributed by atoms with Gasteiger partial charge in [-0.1, -0.05) is 54.6 Å². The Morgan fingerprint density at radius 1 is 1.10 bits per heavy atom. The van der Waals surface area contributed by atoms with Crippen molar-refractivity contribution in [3.8, 4) is 11.5 Å². The van der Waals surface area contributed by atoms with Crippen molar-refractivity contribution in [2.45, 2.75) is 19.1 Å². The summed E-state index contributed by atoms with van der Waals surface area (Å²) >= 11 is 0. The van der Waals surface area contributed by atoms with Crippen molar-refractivity contribution in [1.29, 1.82) is 0 Å². The van der Waals surface area contributed by atoms with Crippen molar-refractivity contribution in [2.24, 2.45) is 0 Å². The van der Waals surface area contributed by atoms with E-state index < -0.39 is 5.97 Å². The molecule has 1 aliphatic rings. The van der Waals surface area contributed by atoms with E-state index in [1.54, 1.807) is 25.3 Å². The highest BCUT2D eigenvalue weighted by Gasteiger charge is 2.21. The Kier molecular flexibility index (Phi) is 6.34. The molecule has 4 rings (SSSR count). The van der Waals surface area contributed by atoms with Gasteiger partial charge in [0.05, 0.1) is 18.7 Å². The van der Waals surface area contributed by atoms with Crippen LogP contribution < -0.4 is 14.8 Å². The third-order valence-electron chi connectivity index (χ3n) is 5.37. The van der Waals surface area contributed by atoms with E-state index in [4.69, 9.17) is 9.47 Å². The number of hydrogen-bond acceptors (Lipinski definition) is 4. The molecule has 2 N–H and O–H groups in total. The van der Waals surface area contributed by atoms with Gasteiger partial charge in [0.15, 0.2) is 11.5 Å². The molecule has 0 fully saturated rings. The summed E-state index contributed by atoms with van der Waals surface area (Å²) in [5.41, 5.74) is 4.59. The zero-order valence-electron chi connectivity index (χ0n) is 17.4. The zero-order valence-corrected chi connectivity index (χ0v) is 17.4. The summed E-state index contributed by atoms with van der Waals surface area (Å²) in [6, 6.07) is 21.1. The number of carbonyl (C=O) groups is 1. The van der Waals surface area contributed by atoms with Gasteiger partial charge in [-0.25, -0.2) is 4.79 Å². The third kappa shape index (κ3) is 4.95. The van der Waals surface area contributed by atoms with Gasteiger partial charge in [0.1, 0.15) is 6.61 Å². The molecule has 3 aromatic rings. The fourth-order valence-corrected chi connectivity index (χ4v) is 3.76. The van der Waals surface area contributed by atoms with Gasteiger partial charge in [-0.3, -0.25) is 0 Å². The van der Waals surface area contributed by atoms with Gasteiger partial charge in [-0.15, -0.1) is 0 Å². The van der Waals surface area contributed by atoms with Crippen LogP contribution in [0.2, 0.25) is 0 Å². The number of hydrogen-bond donors (Lipinski definition) is 2. The number of fused-ring (bicyclic) bond motifs is 1. The monoisotopic (exact) mass is 415 g/mol. The second-order valence-electron chi connectivity index (χ2n) is 7.45. The van der Waals surface area contributed by atoms with Gasteiger partial charge in [0.25, 0.3) is 0 Å². The van der Waals surface area contributed by atoms with E-state index in [0.717, 1.165) is 35.4 Å². The number of nitrogens with one attached hydrogen (secondary N) is 1. The minimum Gasteiger partial charge on any atom is -0.493 e. The molecule has 0 aromatic heterocycles. The number of methoxy groups -OCH3 is 1. The van der Waals surface area contributed by atoms with Crippen LogP contribution in [0.1, 0.15) is 38.7 Å². The molecule has 0 radical (unpaired) electrons. The number of benzene rings is 3. The number of ether oxygens (including phenoxy) is 2. The normalized spacial score (nSPS) is 15.5. The zero-order chi connectivity index (χ0) is 21.6. The first kappa shape index (κ1) is 20.7. The highest BCUT2D eigenvalue weighted by Crippen LogP contribution is 2.36. The fraction of sp³-hybridized carbons (Fsp3) is 0.192. The number of aromatic carboxylic acids is 1. The molecule has 0 amide bonds. The molecule has 158 valence electrons. The van der Waals surface area contributed by atoms with Crippen LogP contribution in [0.5, 0.6) is 11.5 Å². The van der Waals surface area contributed by atoms with E-state index in [2.05, 4.69) is 17.5 Å². The standard InChI is InChI=1S/C26H25NO4/c1-30-24-16-22-20(15-25(24)31-17-19-6-3-2-4-7-19)12-13-27-23(22)11-10-18-8-5-9-21(14-18)26(28)29/h2-11,14-16,23,27H,12-13,17H2,1H3,(H,28,29)/b11-10+. The van der Waals surface area contributed by atoms with E-state index >= 15 is 0 Å². The molecule has 0 bridgehead atoms. The lowest BCUT2D eigenvalue weighted by atomic mass is 9.93. The molecule has 3 aromatic carbocycles. The molecule has 0 saturated carbocycles. The average molecular weight is 415 g/mol.